The molecule has 2 aliphatic heterocycles. The van der Waals surface area contributed by atoms with Gasteiger partial charge in [0.1, 0.15) is 5.75 Å². The molecule has 108 valence electrons. The molecule has 2 atom stereocenters. The average molecular weight is 271 g/mol. The summed E-state index contributed by atoms with van der Waals surface area (Å²) in [6.45, 7) is 4.84. The molecule has 3 aliphatic rings. The second kappa shape index (κ2) is 5.40. The van der Waals surface area contributed by atoms with Gasteiger partial charge in [0.25, 0.3) is 0 Å². The highest BCUT2D eigenvalue weighted by Crippen LogP contribution is 2.54. The lowest BCUT2D eigenvalue weighted by atomic mass is 10.0. The van der Waals surface area contributed by atoms with E-state index in [4.69, 9.17) is 4.74 Å². The smallest absolute Gasteiger partial charge is 0.122 e. The molecule has 2 heterocycles. The van der Waals surface area contributed by atoms with E-state index in [-0.39, 0.29) is 0 Å². The van der Waals surface area contributed by atoms with E-state index >= 15 is 0 Å². The Bertz CT molecular complexity index is 478. The normalized spacial score (nSPS) is 28.4. The Morgan fingerprint density at radius 1 is 1.20 bits per heavy atom. The van der Waals surface area contributed by atoms with E-state index in [0.717, 1.165) is 18.4 Å². The number of rotatable bonds is 4. The lowest BCUT2D eigenvalue weighted by molar-refractivity contribution is 0.308. The summed E-state index contributed by atoms with van der Waals surface area (Å²) < 4.78 is 5.88. The molecule has 0 aromatic heterocycles. The second-order valence-electron chi connectivity index (χ2n) is 6.76. The zero-order chi connectivity index (χ0) is 13.4. The number of ether oxygens (including phenoxy) is 1. The van der Waals surface area contributed by atoms with Crippen molar-refractivity contribution in [1.29, 1.82) is 0 Å². The van der Waals surface area contributed by atoms with Crippen LogP contribution in [-0.2, 0) is 6.42 Å². The molecule has 2 heteroatoms. The van der Waals surface area contributed by atoms with Crippen molar-refractivity contribution in [2.75, 3.05) is 26.2 Å². The third kappa shape index (κ3) is 2.58. The lowest BCUT2D eigenvalue weighted by Gasteiger charge is -2.15. The third-order valence-corrected chi connectivity index (χ3v) is 5.28. The zero-order valence-corrected chi connectivity index (χ0v) is 12.3. The summed E-state index contributed by atoms with van der Waals surface area (Å²) >= 11 is 0. The van der Waals surface area contributed by atoms with Crippen molar-refractivity contribution in [2.24, 2.45) is 5.92 Å². The minimum absolute atomic E-state index is 0.811. The number of nitrogens with zero attached hydrogens (tertiary/aromatic N) is 1. The van der Waals surface area contributed by atoms with Gasteiger partial charge in [-0.3, -0.25) is 0 Å². The van der Waals surface area contributed by atoms with Crippen LogP contribution in [-0.4, -0.2) is 31.1 Å². The van der Waals surface area contributed by atoms with E-state index in [0.29, 0.717) is 0 Å². The Kier molecular flexibility index (Phi) is 3.43. The summed E-state index contributed by atoms with van der Waals surface area (Å²) in [5.74, 6) is 2.89. The summed E-state index contributed by atoms with van der Waals surface area (Å²) in [5, 5.41) is 0. The van der Waals surface area contributed by atoms with Crippen LogP contribution < -0.4 is 4.74 Å². The molecule has 0 spiro atoms. The van der Waals surface area contributed by atoms with Crippen LogP contribution in [0.2, 0.25) is 0 Å². The Labute approximate surface area is 122 Å². The Morgan fingerprint density at radius 2 is 2.10 bits per heavy atom. The second-order valence-corrected chi connectivity index (χ2v) is 6.76. The maximum absolute atomic E-state index is 5.88. The van der Waals surface area contributed by atoms with Crippen molar-refractivity contribution in [3.63, 3.8) is 0 Å². The van der Waals surface area contributed by atoms with Gasteiger partial charge in [-0.15, -0.1) is 0 Å². The predicted octanol–water partition coefficient (Wildman–Crippen LogP) is 3.60. The highest BCUT2D eigenvalue weighted by molar-refractivity contribution is 5.43. The number of likely N-dealkylation sites (tertiary alicyclic amines) is 1. The van der Waals surface area contributed by atoms with Crippen LogP contribution in [0.3, 0.4) is 0 Å². The summed E-state index contributed by atoms with van der Waals surface area (Å²) in [4.78, 5) is 2.61. The van der Waals surface area contributed by atoms with Gasteiger partial charge in [0.2, 0.25) is 0 Å². The van der Waals surface area contributed by atoms with Crippen molar-refractivity contribution >= 4 is 0 Å². The SMILES string of the molecule is c1cc2c(cc1CCCN1CCCC1)C1CC1CCO2. The van der Waals surface area contributed by atoms with Gasteiger partial charge in [-0.05, 0) is 87.2 Å². The first-order chi connectivity index (χ1) is 9.90. The van der Waals surface area contributed by atoms with Gasteiger partial charge in [-0.25, -0.2) is 0 Å². The number of benzene rings is 1. The molecule has 1 aromatic rings. The van der Waals surface area contributed by atoms with Crippen LogP contribution in [0, 0.1) is 5.92 Å². The van der Waals surface area contributed by atoms with Gasteiger partial charge in [0, 0.05) is 0 Å². The Hall–Kier alpha value is -1.02. The number of hydrogen-bond acceptors (Lipinski definition) is 2. The first-order valence-corrected chi connectivity index (χ1v) is 8.38. The molecule has 2 nitrogen and oxygen atoms in total. The van der Waals surface area contributed by atoms with Crippen molar-refractivity contribution < 1.29 is 4.74 Å². The first-order valence-electron chi connectivity index (χ1n) is 8.38. The van der Waals surface area contributed by atoms with Gasteiger partial charge in [0.05, 0.1) is 6.61 Å². The summed E-state index contributed by atoms with van der Waals surface area (Å²) in [5.41, 5.74) is 3.02. The Morgan fingerprint density at radius 3 is 3.00 bits per heavy atom. The lowest BCUT2D eigenvalue weighted by Crippen LogP contribution is -2.20. The molecule has 1 aromatic carbocycles. The van der Waals surface area contributed by atoms with Crippen molar-refractivity contribution in [3.05, 3.63) is 29.3 Å². The number of aryl methyl sites for hydroxylation is 1. The molecule has 0 amide bonds. The molecule has 20 heavy (non-hydrogen) atoms. The van der Waals surface area contributed by atoms with E-state index in [1.807, 2.05) is 0 Å². The molecular weight excluding hydrogens is 246 g/mol. The quantitative estimate of drug-likeness (QED) is 0.829. The molecule has 4 rings (SSSR count). The molecule has 1 saturated carbocycles. The maximum Gasteiger partial charge on any atom is 0.122 e. The van der Waals surface area contributed by atoms with E-state index in [1.54, 1.807) is 0 Å². The van der Waals surface area contributed by atoms with E-state index in [1.165, 1.54) is 75.0 Å². The van der Waals surface area contributed by atoms with Gasteiger partial charge < -0.3 is 9.64 Å². The average Bonchev–Trinajstić information content (AvgIpc) is 3.08. The van der Waals surface area contributed by atoms with Gasteiger partial charge in [-0.1, -0.05) is 12.1 Å². The van der Waals surface area contributed by atoms with E-state index < -0.39 is 0 Å². The molecule has 0 bridgehead atoms. The van der Waals surface area contributed by atoms with Crippen LogP contribution in [0.25, 0.3) is 0 Å². The van der Waals surface area contributed by atoms with Gasteiger partial charge in [-0.2, -0.15) is 0 Å². The van der Waals surface area contributed by atoms with Crippen molar-refractivity contribution in [1.82, 2.24) is 4.90 Å². The fraction of sp³-hybridized carbons (Fsp3) is 0.667. The topological polar surface area (TPSA) is 12.5 Å². The van der Waals surface area contributed by atoms with Crippen LogP contribution in [0.5, 0.6) is 5.75 Å². The van der Waals surface area contributed by atoms with Gasteiger partial charge >= 0.3 is 0 Å². The van der Waals surface area contributed by atoms with Crippen LogP contribution in [0.1, 0.15) is 49.1 Å². The largest absolute Gasteiger partial charge is 0.493 e. The van der Waals surface area contributed by atoms with Crippen molar-refractivity contribution in [3.8, 4) is 5.75 Å². The fourth-order valence-corrected chi connectivity index (χ4v) is 3.96. The first kappa shape index (κ1) is 12.7. The monoisotopic (exact) mass is 271 g/mol. The molecule has 2 unspecified atom stereocenters. The maximum atomic E-state index is 5.88. The standard InChI is InChI=1S/C18H25NO/c1-2-9-19(8-1)10-3-4-14-5-6-18-17(12-14)16-13-15(16)7-11-20-18/h5-6,12,15-16H,1-4,7-11,13H2. The molecule has 1 saturated heterocycles. The van der Waals surface area contributed by atoms with Gasteiger partial charge in [0.15, 0.2) is 0 Å². The van der Waals surface area contributed by atoms with Crippen LogP contribution in [0.15, 0.2) is 18.2 Å². The minimum atomic E-state index is 0.811. The summed E-state index contributed by atoms with van der Waals surface area (Å²) in [6, 6.07) is 6.95. The molecule has 0 N–H and O–H groups in total. The zero-order valence-electron chi connectivity index (χ0n) is 12.3. The Balaban J connectivity index is 1.39. The highest BCUT2D eigenvalue weighted by Gasteiger charge is 2.41. The summed E-state index contributed by atoms with van der Waals surface area (Å²) in [7, 11) is 0. The van der Waals surface area contributed by atoms with Crippen LogP contribution in [0.4, 0.5) is 0 Å². The predicted molar refractivity (Wildman–Crippen MR) is 81.4 cm³/mol. The molecule has 0 radical (unpaired) electrons. The highest BCUT2D eigenvalue weighted by atomic mass is 16.5. The number of fused-ring (bicyclic) bond motifs is 3. The fourth-order valence-electron chi connectivity index (χ4n) is 3.96. The third-order valence-electron chi connectivity index (χ3n) is 5.28. The molecule has 2 fully saturated rings. The van der Waals surface area contributed by atoms with Crippen molar-refractivity contribution in [2.45, 2.75) is 44.4 Å². The molecular formula is C18H25NO. The van der Waals surface area contributed by atoms with Crippen LogP contribution >= 0.6 is 0 Å². The molecule has 1 aliphatic carbocycles. The van der Waals surface area contributed by atoms with E-state index in [2.05, 4.69) is 23.1 Å². The van der Waals surface area contributed by atoms with E-state index in [9.17, 15) is 0 Å². The minimum Gasteiger partial charge on any atom is -0.493 e. The number of hydrogen-bond donors (Lipinski definition) is 0. The summed E-state index contributed by atoms with van der Waals surface area (Å²) in [6.07, 6.45) is 7.98.